The van der Waals surface area contributed by atoms with Crippen molar-refractivity contribution >= 4 is 13.1 Å². The first kappa shape index (κ1) is 16.1. The molecule has 0 atom stereocenters. The second-order valence-electron chi connectivity index (χ2n) is 5.83. The van der Waals surface area contributed by atoms with E-state index >= 15 is 0 Å². The maximum absolute atomic E-state index is 12.4. The van der Waals surface area contributed by atoms with Crippen molar-refractivity contribution in [3.63, 3.8) is 0 Å². The zero-order valence-corrected chi connectivity index (χ0v) is 11.7. The molecule has 0 aromatic heterocycles. The van der Waals surface area contributed by atoms with Gasteiger partial charge in [-0.2, -0.15) is 0 Å². The molecule has 112 valence electrons. The molecule has 1 heterocycles. The molecular formula is C11H21BF3N2O2-. The van der Waals surface area contributed by atoms with Crippen LogP contribution in [0.15, 0.2) is 0 Å². The summed E-state index contributed by atoms with van der Waals surface area (Å²) in [4.78, 5) is 14.7. The topological polar surface area (TPSA) is 32.8 Å². The zero-order chi connectivity index (χ0) is 14.7. The Labute approximate surface area is 111 Å². The van der Waals surface area contributed by atoms with Gasteiger partial charge < -0.3 is 27.5 Å². The molecule has 0 aromatic carbocycles. The van der Waals surface area contributed by atoms with Crippen LogP contribution in [-0.4, -0.2) is 61.1 Å². The minimum absolute atomic E-state index is 0.237. The molecule has 19 heavy (non-hydrogen) atoms. The highest BCUT2D eigenvalue weighted by molar-refractivity contribution is 6.58. The number of rotatable bonds is 2. The minimum Gasteiger partial charge on any atom is -0.448 e. The number of halogens is 3. The van der Waals surface area contributed by atoms with Crippen LogP contribution in [0, 0.1) is 0 Å². The van der Waals surface area contributed by atoms with E-state index < -0.39 is 25.1 Å². The van der Waals surface area contributed by atoms with E-state index in [9.17, 15) is 17.7 Å². The highest BCUT2D eigenvalue weighted by atomic mass is 19.4. The van der Waals surface area contributed by atoms with Crippen LogP contribution < -0.4 is 0 Å². The second-order valence-corrected chi connectivity index (χ2v) is 5.83. The molecule has 8 heteroatoms. The Bertz CT molecular complexity index is 318. The summed E-state index contributed by atoms with van der Waals surface area (Å²) in [6.07, 6.45) is -0.778. The first-order valence-electron chi connectivity index (χ1n) is 6.48. The van der Waals surface area contributed by atoms with Crippen LogP contribution in [0.2, 0.25) is 0 Å². The van der Waals surface area contributed by atoms with E-state index in [0.29, 0.717) is 19.5 Å². The molecule has 0 unspecified atom stereocenters. The molecule has 0 radical (unpaired) electrons. The van der Waals surface area contributed by atoms with E-state index in [2.05, 4.69) is 0 Å². The van der Waals surface area contributed by atoms with E-state index in [1.807, 2.05) is 0 Å². The molecule has 1 aliphatic heterocycles. The Kier molecular flexibility index (Phi) is 5.12. The molecule has 1 saturated heterocycles. The van der Waals surface area contributed by atoms with Crippen LogP contribution in [0.1, 0.15) is 27.2 Å². The molecule has 1 fully saturated rings. The van der Waals surface area contributed by atoms with E-state index in [-0.39, 0.29) is 13.1 Å². The van der Waals surface area contributed by atoms with Crippen LogP contribution >= 0.6 is 0 Å². The average molecular weight is 281 g/mol. The summed E-state index contributed by atoms with van der Waals surface area (Å²) in [5.41, 5.74) is -0.585. The van der Waals surface area contributed by atoms with Crippen molar-refractivity contribution in [2.24, 2.45) is 0 Å². The Hall–Kier alpha value is -0.915. The minimum atomic E-state index is -4.81. The van der Waals surface area contributed by atoms with Gasteiger partial charge in [0.2, 0.25) is 0 Å². The summed E-state index contributed by atoms with van der Waals surface area (Å²) >= 11 is 0. The standard InChI is InChI=1S/C11H21BF3N2O2/c1-11(2,3)19-10(18)17-6-4-5-16(7-8-17)9-12(13,14)15/h4-9H2,1-3H3/q-1. The fraction of sp³-hybridized carbons (Fsp3) is 0.909. The van der Waals surface area contributed by atoms with Crippen molar-refractivity contribution in [1.29, 1.82) is 0 Å². The summed E-state index contributed by atoms with van der Waals surface area (Å²) < 4.78 is 42.3. The van der Waals surface area contributed by atoms with Crippen molar-refractivity contribution in [3.8, 4) is 0 Å². The quantitative estimate of drug-likeness (QED) is 0.728. The lowest BCUT2D eigenvalue weighted by molar-refractivity contribution is 0.0258. The van der Waals surface area contributed by atoms with Crippen LogP contribution in [-0.2, 0) is 4.74 Å². The maximum Gasteiger partial charge on any atom is 0.492 e. The predicted molar refractivity (Wildman–Crippen MR) is 67.9 cm³/mol. The molecule has 0 spiro atoms. The summed E-state index contributed by atoms with van der Waals surface area (Å²) in [6.45, 7) is 1.80. The number of carbonyl (C=O) groups is 1. The maximum atomic E-state index is 12.4. The monoisotopic (exact) mass is 281 g/mol. The molecule has 1 amide bonds. The fourth-order valence-corrected chi connectivity index (χ4v) is 1.96. The SMILES string of the molecule is CC(C)(C)OC(=O)N1CCCN(C[B-](F)(F)F)CC1. The third-order valence-corrected chi connectivity index (χ3v) is 2.71. The van der Waals surface area contributed by atoms with Gasteiger partial charge >= 0.3 is 13.1 Å². The van der Waals surface area contributed by atoms with Gasteiger partial charge in [-0.1, -0.05) is 0 Å². The smallest absolute Gasteiger partial charge is 0.448 e. The normalized spacial score (nSPS) is 19.2. The predicted octanol–water partition coefficient (Wildman–Crippen LogP) is 2.32. The van der Waals surface area contributed by atoms with E-state index in [4.69, 9.17) is 4.74 Å². The summed E-state index contributed by atoms with van der Waals surface area (Å²) in [5, 5.41) is 0. The van der Waals surface area contributed by atoms with Gasteiger partial charge in [-0.25, -0.2) is 4.79 Å². The Balaban J connectivity index is 2.48. The average Bonchev–Trinajstić information content (AvgIpc) is 2.38. The van der Waals surface area contributed by atoms with Crippen molar-refractivity contribution < 1.29 is 22.5 Å². The molecule has 0 aromatic rings. The molecular weight excluding hydrogens is 260 g/mol. The highest BCUT2D eigenvalue weighted by Gasteiger charge is 2.29. The Morgan fingerprint density at radius 2 is 1.79 bits per heavy atom. The van der Waals surface area contributed by atoms with Crippen molar-refractivity contribution in [2.45, 2.75) is 32.8 Å². The number of hydrogen-bond acceptors (Lipinski definition) is 3. The number of carbonyl (C=O) groups excluding carboxylic acids is 1. The van der Waals surface area contributed by atoms with Crippen LogP contribution in [0.25, 0.3) is 0 Å². The van der Waals surface area contributed by atoms with Gasteiger partial charge in [0, 0.05) is 19.6 Å². The van der Waals surface area contributed by atoms with Crippen LogP contribution in [0.5, 0.6) is 0 Å². The number of amides is 1. The van der Waals surface area contributed by atoms with Gasteiger partial charge in [-0.05, 0) is 40.2 Å². The van der Waals surface area contributed by atoms with Gasteiger partial charge in [0.25, 0.3) is 0 Å². The van der Waals surface area contributed by atoms with Gasteiger partial charge in [-0.15, -0.1) is 0 Å². The van der Waals surface area contributed by atoms with Gasteiger partial charge in [0.05, 0.1) is 0 Å². The number of hydrogen-bond donors (Lipinski definition) is 0. The van der Waals surface area contributed by atoms with E-state index in [0.717, 1.165) is 0 Å². The van der Waals surface area contributed by atoms with Crippen molar-refractivity contribution in [2.75, 3.05) is 32.6 Å². The lowest BCUT2D eigenvalue weighted by atomic mass is 9.91. The lowest BCUT2D eigenvalue weighted by Gasteiger charge is -2.27. The van der Waals surface area contributed by atoms with E-state index in [1.54, 1.807) is 20.8 Å². The summed E-state index contributed by atoms with van der Waals surface area (Å²) in [7, 11) is 0. The molecule has 1 rings (SSSR count). The second kappa shape index (κ2) is 6.03. The number of nitrogens with zero attached hydrogens (tertiary/aromatic N) is 2. The first-order valence-corrected chi connectivity index (χ1v) is 6.48. The van der Waals surface area contributed by atoms with Gasteiger partial charge in [-0.3, -0.25) is 0 Å². The van der Waals surface area contributed by atoms with Crippen LogP contribution in [0.4, 0.5) is 17.7 Å². The number of ether oxygens (including phenoxy) is 1. The van der Waals surface area contributed by atoms with E-state index in [1.165, 1.54) is 9.80 Å². The fourth-order valence-electron chi connectivity index (χ4n) is 1.96. The largest absolute Gasteiger partial charge is 0.492 e. The molecule has 1 aliphatic rings. The van der Waals surface area contributed by atoms with Crippen LogP contribution in [0.3, 0.4) is 0 Å². The molecule has 0 N–H and O–H groups in total. The molecule has 0 saturated carbocycles. The Morgan fingerprint density at radius 3 is 2.32 bits per heavy atom. The first-order chi connectivity index (χ1) is 8.57. The molecule has 4 nitrogen and oxygen atoms in total. The third kappa shape index (κ3) is 6.70. The van der Waals surface area contributed by atoms with Crippen molar-refractivity contribution in [3.05, 3.63) is 0 Å². The highest BCUT2D eigenvalue weighted by Crippen LogP contribution is 2.15. The summed E-state index contributed by atoms with van der Waals surface area (Å²) in [5.74, 6) is 0. The molecule has 0 aliphatic carbocycles. The summed E-state index contributed by atoms with van der Waals surface area (Å²) in [6, 6.07) is 0. The third-order valence-electron chi connectivity index (χ3n) is 2.71. The van der Waals surface area contributed by atoms with Gasteiger partial charge in [0.15, 0.2) is 0 Å². The van der Waals surface area contributed by atoms with Gasteiger partial charge in [0.1, 0.15) is 5.60 Å². The molecule has 0 bridgehead atoms. The van der Waals surface area contributed by atoms with Crippen molar-refractivity contribution in [1.82, 2.24) is 9.80 Å². The lowest BCUT2D eigenvalue weighted by Crippen LogP contribution is -2.42. The zero-order valence-electron chi connectivity index (χ0n) is 11.7. The Morgan fingerprint density at radius 1 is 1.16 bits per heavy atom.